The summed E-state index contributed by atoms with van der Waals surface area (Å²) in [6, 6.07) is 15.8. The molecule has 1 aliphatic heterocycles. The van der Waals surface area contributed by atoms with Gasteiger partial charge >= 0.3 is 0 Å². The normalized spacial score (nSPS) is 16.1. The van der Waals surface area contributed by atoms with Crippen molar-refractivity contribution < 1.29 is 14.4 Å². The molecule has 38 heavy (non-hydrogen) atoms. The molecule has 3 amide bonds. The summed E-state index contributed by atoms with van der Waals surface area (Å²) in [5.41, 5.74) is 1.98. The highest BCUT2D eigenvalue weighted by Crippen LogP contribution is 2.37. The molecule has 8 heteroatoms. The monoisotopic (exact) mass is 551 g/mol. The molecular formula is C30H31Cl2N3O3. The van der Waals surface area contributed by atoms with Crippen LogP contribution in [0.25, 0.3) is 10.8 Å². The molecule has 1 atom stereocenters. The predicted molar refractivity (Wildman–Crippen MR) is 152 cm³/mol. The summed E-state index contributed by atoms with van der Waals surface area (Å²) in [6.07, 6.45) is 5.69. The Bertz CT molecular complexity index is 1380. The van der Waals surface area contributed by atoms with Crippen LogP contribution in [0.15, 0.2) is 54.6 Å². The number of amides is 3. The molecule has 1 aliphatic carbocycles. The first-order chi connectivity index (χ1) is 18.4. The van der Waals surface area contributed by atoms with Crippen LogP contribution < -0.4 is 10.2 Å². The molecule has 198 valence electrons. The zero-order valence-corrected chi connectivity index (χ0v) is 22.9. The van der Waals surface area contributed by atoms with E-state index in [0.29, 0.717) is 33.3 Å². The first-order valence-corrected chi connectivity index (χ1v) is 14.0. The van der Waals surface area contributed by atoms with Gasteiger partial charge in [0.25, 0.3) is 5.91 Å². The Morgan fingerprint density at radius 2 is 1.79 bits per heavy atom. The van der Waals surface area contributed by atoms with Crippen LogP contribution in [0, 0.1) is 0 Å². The second-order valence-electron chi connectivity index (χ2n) is 10.1. The van der Waals surface area contributed by atoms with E-state index in [9.17, 15) is 14.4 Å². The van der Waals surface area contributed by atoms with Crippen molar-refractivity contribution in [1.29, 1.82) is 0 Å². The van der Waals surface area contributed by atoms with Gasteiger partial charge in [-0.3, -0.25) is 19.3 Å². The summed E-state index contributed by atoms with van der Waals surface area (Å²) >= 11 is 12.6. The van der Waals surface area contributed by atoms with Crippen molar-refractivity contribution in [2.24, 2.45) is 0 Å². The number of rotatable bonds is 8. The zero-order chi connectivity index (χ0) is 26.8. The number of nitrogens with one attached hydrogen (secondary N) is 1. The van der Waals surface area contributed by atoms with E-state index in [1.54, 1.807) is 29.2 Å². The number of benzene rings is 3. The van der Waals surface area contributed by atoms with Gasteiger partial charge in [-0.05, 0) is 54.5 Å². The highest BCUT2D eigenvalue weighted by atomic mass is 35.5. The van der Waals surface area contributed by atoms with Crippen LogP contribution in [-0.2, 0) is 16.1 Å². The van der Waals surface area contributed by atoms with E-state index in [1.807, 2.05) is 37.3 Å². The molecule has 3 aromatic carbocycles. The Morgan fingerprint density at radius 1 is 1.05 bits per heavy atom. The lowest BCUT2D eigenvalue weighted by atomic mass is 9.95. The maximum Gasteiger partial charge on any atom is 0.259 e. The summed E-state index contributed by atoms with van der Waals surface area (Å²) in [5.74, 6) is -0.704. The van der Waals surface area contributed by atoms with Gasteiger partial charge in [-0.25, -0.2) is 0 Å². The van der Waals surface area contributed by atoms with Crippen LogP contribution in [0.1, 0.15) is 61.4 Å². The molecule has 0 aromatic heterocycles. The van der Waals surface area contributed by atoms with Gasteiger partial charge in [-0.2, -0.15) is 0 Å². The second-order valence-corrected chi connectivity index (χ2v) is 10.9. The summed E-state index contributed by atoms with van der Waals surface area (Å²) in [5, 5.41) is 5.90. The van der Waals surface area contributed by atoms with Crippen molar-refractivity contribution in [2.45, 2.75) is 64.1 Å². The Labute approximate surface area is 232 Å². The van der Waals surface area contributed by atoms with Crippen LogP contribution >= 0.6 is 23.2 Å². The molecule has 1 N–H and O–H groups in total. The molecule has 0 bridgehead atoms. The van der Waals surface area contributed by atoms with E-state index in [1.165, 1.54) is 11.3 Å². The number of halogens is 2. The third-order valence-corrected chi connectivity index (χ3v) is 8.22. The van der Waals surface area contributed by atoms with Gasteiger partial charge in [-0.15, -0.1) is 0 Å². The van der Waals surface area contributed by atoms with Crippen LogP contribution in [0.3, 0.4) is 0 Å². The fourth-order valence-electron chi connectivity index (χ4n) is 5.66. The maximum atomic E-state index is 14.0. The Hall–Kier alpha value is -3.09. The van der Waals surface area contributed by atoms with E-state index in [0.717, 1.165) is 36.5 Å². The van der Waals surface area contributed by atoms with E-state index >= 15 is 0 Å². The van der Waals surface area contributed by atoms with Crippen LogP contribution in [-0.4, -0.2) is 41.2 Å². The zero-order valence-electron chi connectivity index (χ0n) is 21.4. The average Bonchev–Trinajstić information content (AvgIpc) is 3.18. The summed E-state index contributed by atoms with van der Waals surface area (Å²) in [6.45, 7) is 1.85. The molecule has 2 aliphatic rings. The minimum atomic E-state index is -0.702. The Kier molecular flexibility index (Phi) is 7.91. The first kappa shape index (κ1) is 26.5. The molecular weight excluding hydrogens is 521 g/mol. The molecule has 6 nitrogen and oxygen atoms in total. The van der Waals surface area contributed by atoms with Crippen molar-refractivity contribution in [3.8, 4) is 0 Å². The van der Waals surface area contributed by atoms with Crippen LogP contribution in [0.2, 0.25) is 10.0 Å². The smallest absolute Gasteiger partial charge is 0.259 e. The number of anilines is 1. The third kappa shape index (κ3) is 5.25. The highest BCUT2D eigenvalue weighted by molar-refractivity contribution is 6.35. The topological polar surface area (TPSA) is 69.7 Å². The van der Waals surface area contributed by atoms with E-state index in [4.69, 9.17) is 23.2 Å². The van der Waals surface area contributed by atoms with Crippen LogP contribution in [0.4, 0.5) is 5.69 Å². The van der Waals surface area contributed by atoms with E-state index in [2.05, 4.69) is 5.32 Å². The first-order valence-electron chi connectivity index (χ1n) is 13.2. The molecule has 1 saturated carbocycles. The third-order valence-electron chi connectivity index (χ3n) is 7.64. The lowest BCUT2D eigenvalue weighted by Gasteiger charge is -2.34. The lowest BCUT2D eigenvalue weighted by Crippen LogP contribution is -2.53. The number of carbonyl (C=O) groups is 3. The molecule has 1 unspecified atom stereocenters. The van der Waals surface area contributed by atoms with Gasteiger partial charge in [0, 0.05) is 33.6 Å². The van der Waals surface area contributed by atoms with Crippen molar-refractivity contribution in [1.82, 2.24) is 10.2 Å². The van der Waals surface area contributed by atoms with Gasteiger partial charge in [0.1, 0.15) is 12.6 Å². The van der Waals surface area contributed by atoms with Gasteiger partial charge in [-0.1, -0.05) is 79.7 Å². The van der Waals surface area contributed by atoms with Crippen molar-refractivity contribution >= 4 is 57.4 Å². The fourth-order valence-corrected chi connectivity index (χ4v) is 6.13. The predicted octanol–water partition coefficient (Wildman–Crippen LogP) is 6.36. The van der Waals surface area contributed by atoms with Crippen molar-refractivity contribution in [2.75, 3.05) is 11.4 Å². The molecule has 1 heterocycles. The second kappa shape index (κ2) is 11.3. The molecule has 0 radical (unpaired) electrons. The Morgan fingerprint density at radius 3 is 2.50 bits per heavy atom. The number of hydrogen-bond donors (Lipinski definition) is 1. The average molecular weight is 553 g/mol. The standard InChI is InChI=1S/C30H31Cl2N3O3/c1-2-25(29(37)33-22-10-4-3-5-11-22)34(17-20-14-15-21(31)16-24(20)32)27(36)18-35-26-13-7-9-19-8-6-12-23(28(19)26)30(35)38/h6-9,12-16,22,25H,2-5,10-11,17-18H2,1H3,(H,33,37). The minimum Gasteiger partial charge on any atom is -0.352 e. The molecule has 5 rings (SSSR count). The number of nitrogens with zero attached hydrogens (tertiary/aromatic N) is 2. The SMILES string of the molecule is CCC(C(=O)NC1CCCCC1)N(Cc1ccc(Cl)cc1Cl)C(=O)CN1C(=O)c2cccc3cccc1c23. The molecule has 0 saturated heterocycles. The van der Waals surface area contributed by atoms with Gasteiger partial charge < -0.3 is 10.2 Å². The summed E-state index contributed by atoms with van der Waals surface area (Å²) in [4.78, 5) is 43.9. The maximum absolute atomic E-state index is 14.0. The number of carbonyl (C=O) groups excluding carboxylic acids is 3. The van der Waals surface area contributed by atoms with Crippen LogP contribution in [0.5, 0.6) is 0 Å². The van der Waals surface area contributed by atoms with Crippen molar-refractivity contribution in [3.05, 3.63) is 75.8 Å². The molecule has 1 fully saturated rings. The largest absolute Gasteiger partial charge is 0.352 e. The lowest BCUT2D eigenvalue weighted by molar-refractivity contribution is -0.140. The van der Waals surface area contributed by atoms with Gasteiger partial charge in [0.2, 0.25) is 11.8 Å². The van der Waals surface area contributed by atoms with Crippen molar-refractivity contribution in [3.63, 3.8) is 0 Å². The van der Waals surface area contributed by atoms with Gasteiger partial charge in [0.15, 0.2) is 0 Å². The number of hydrogen-bond acceptors (Lipinski definition) is 3. The van der Waals surface area contributed by atoms with E-state index in [-0.39, 0.29) is 36.9 Å². The molecule has 0 spiro atoms. The quantitative estimate of drug-likeness (QED) is 0.354. The summed E-state index contributed by atoms with van der Waals surface area (Å²) < 4.78 is 0. The fraction of sp³-hybridized carbons (Fsp3) is 0.367. The molecule has 3 aromatic rings. The van der Waals surface area contributed by atoms with Gasteiger partial charge in [0.05, 0.1) is 5.69 Å². The Balaban J connectivity index is 1.44. The summed E-state index contributed by atoms with van der Waals surface area (Å²) in [7, 11) is 0. The highest BCUT2D eigenvalue weighted by Gasteiger charge is 2.35. The minimum absolute atomic E-state index is 0.119. The van der Waals surface area contributed by atoms with E-state index < -0.39 is 6.04 Å².